The van der Waals surface area contributed by atoms with Crippen LogP contribution in [0.5, 0.6) is 0 Å². The maximum atomic E-state index is 2.39. The van der Waals surface area contributed by atoms with E-state index in [0.29, 0.717) is 0 Å². The van der Waals surface area contributed by atoms with Crippen molar-refractivity contribution in [3.05, 3.63) is 0 Å². The van der Waals surface area contributed by atoms with Gasteiger partial charge in [0.2, 0.25) is 0 Å². The van der Waals surface area contributed by atoms with Crippen molar-refractivity contribution in [2.24, 2.45) is 0 Å². The molecule has 0 aliphatic carbocycles. The normalized spacial score (nSPS) is 12.0. The number of rotatable bonds is 1. The van der Waals surface area contributed by atoms with Gasteiger partial charge < -0.3 is 0 Å². The second-order valence-electron chi connectivity index (χ2n) is 2.72. The predicted octanol–water partition coefficient (Wildman–Crippen LogP) is 1.45. The minimum absolute atomic E-state index is 0.609. The summed E-state index contributed by atoms with van der Waals surface area (Å²) in [4.78, 5) is 0. The average Bonchev–Trinajstić information content (AvgIpc) is 1.35. The summed E-state index contributed by atoms with van der Waals surface area (Å²) in [6.07, 6.45) is 0. The summed E-state index contributed by atoms with van der Waals surface area (Å²) in [7, 11) is -0.609. The molecule has 0 N–H and O–H groups in total. The van der Waals surface area contributed by atoms with Gasteiger partial charge in [0, 0.05) is 0 Å². The van der Waals surface area contributed by atoms with Crippen molar-refractivity contribution < 1.29 is 0 Å². The quantitative estimate of drug-likeness (QED) is 0.573. The van der Waals surface area contributed by atoms with Gasteiger partial charge in [0.25, 0.3) is 0 Å². The van der Waals surface area contributed by atoms with Gasteiger partial charge in [0.1, 0.15) is 0 Å². The molecule has 0 heterocycles. The predicted molar refractivity (Wildman–Crippen MR) is 33.9 cm³/mol. The summed E-state index contributed by atoms with van der Waals surface area (Å²) in [6, 6.07) is 0. The van der Waals surface area contributed by atoms with Crippen LogP contribution in [-0.4, -0.2) is 31.1 Å². The Morgan fingerprint density at radius 1 is 1.33 bits per heavy atom. The molecule has 2 radical (unpaired) electrons. The molecule has 2 heteroatoms. The van der Waals surface area contributed by atoms with E-state index in [1.807, 2.05) is 23.0 Å². The van der Waals surface area contributed by atoms with Crippen molar-refractivity contribution in [2.45, 2.75) is 23.6 Å². The van der Waals surface area contributed by atoms with Crippen molar-refractivity contribution in [1.29, 1.82) is 0 Å². The molecule has 0 aliphatic heterocycles. The molecule has 0 saturated heterocycles. The zero-order valence-electron chi connectivity index (χ0n) is 4.65. The molecule has 0 aromatic rings. The SMILES string of the molecule is C[Si](C)(C)[CH2][Sb]. The number of hydrogen-bond donors (Lipinski definition) is 0. The van der Waals surface area contributed by atoms with Crippen LogP contribution < -0.4 is 0 Å². The molecular weight excluding hydrogens is 198 g/mol. The Labute approximate surface area is 54.8 Å². The van der Waals surface area contributed by atoms with Gasteiger partial charge in [-0.2, -0.15) is 0 Å². The van der Waals surface area contributed by atoms with E-state index in [1.165, 1.54) is 3.99 Å². The Morgan fingerprint density at radius 2 is 1.50 bits per heavy atom. The first-order chi connectivity index (χ1) is 2.56. The van der Waals surface area contributed by atoms with E-state index < -0.39 is 8.07 Å². The van der Waals surface area contributed by atoms with Crippen LogP contribution in [0.15, 0.2) is 0 Å². The molecule has 0 fully saturated rings. The van der Waals surface area contributed by atoms with E-state index in [0.717, 1.165) is 0 Å². The van der Waals surface area contributed by atoms with Crippen LogP contribution in [-0.2, 0) is 0 Å². The first kappa shape index (κ1) is 7.04. The zero-order valence-corrected chi connectivity index (χ0v) is 8.21. The van der Waals surface area contributed by atoms with E-state index in [4.69, 9.17) is 0 Å². The molecule has 0 nitrogen and oxygen atoms in total. The third-order valence-corrected chi connectivity index (χ3v) is 9.55. The molecule has 0 bridgehead atoms. The molecule has 6 heavy (non-hydrogen) atoms. The van der Waals surface area contributed by atoms with Crippen molar-refractivity contribution in [2.75, 3.05) is 0 Å². The van der Waals surface area contributed by atoms with Crippen LogP contribution in [0.1, 0.15) is 0 Å². The van der Waals surface area contributed by atoms with Crippen molar-refractivity contribution in [3.8, 4) is 0 Å². The van der Waals surface area contributed by atoms with Crippen molar-refractivity contribution in [1.82, 2.24) is 0 Å². The molecule has 0 atom stereocenters. The molecule has 0 rings (SSSR count). The summed E-state index contributed by atoms with van der Waals surface area (Å²) in [5, 5.41) is 0. The summed E-state index contributed by atoms with van der Waals surface area (Å²) in [5.41, 5.74) is 0. The van der Waals surface area contributed by atoms with E-state index in [-0.39, 0.29) is 0 Å². The van der Waals surface area contributed by atoms with Crippen LogP contribution in [0.2, 0.25) is 23.6 Å². The minimum atomic E-state index is -0.609. The van der Waals surface area contributed by atoms with E-state index in [1.54, 1.807) is 0 Å². The summed E-state index contributed by atoms with van der Waals surface area (Å²) in [6.45, 7) is 7.18. The summed E-state index contributed by atoms with van der Waals surface area (Å²) < 4.78 is 1.46. The Kier molecular flexibility index (Phi) is 2.78. The van der Waals surface area contributed by atoms with Crippen molar-refractivity contribution >= 4 is 31.1 Å². The maximum absolute atomic E-state index is 2.39. The average molecular weight is 209 g/mol. The fraction of sp³-hybridized carbons (Fsp3) is 1.00. The number of hydrogen-bond acceptors (Lipinski definition) is 0. The molecular formula is C4H11SbSi. The second-order valence-corrected chi connectivity index (χ2v) is 10.9. The first-order valence-corrected chi connectivity index (χ1v) is 7.68. The van der Waals surface area contributed by atoms with Gasteiger partial charge in [-0.05, 0) is 0 Å². The molecule has 0 aliphatic rings. The standard InChI is InChI=1S/C4H11Si.Sb/c1-5(2,3)4;/h1H2,2-4H3;. The van der Waals surface area contributed by atoms with Gasteiger partial charge in [-0.3, -0.25) is 0 Å². The van der Waals surface area contributed by atoms with Gasteiger partial charge in [0.05, 0.1) is 0 Å². The Balaban J connectivity index is 3.17. The molecule has 0 aromatic heterocycles. The molecule has 0 saturated carbocycles. The second kappa shape index (κ2) is 2.37. The van der Waals surface area contributed by atoms with Gasteiger partial charge in [-0.25, -0.2) is 0 Å². The fourth-order valence-electron chi connectivity index (χ4n) is 0. The van der Waals surface area contributed by atoms with Crippen molar-refractivity contribution in [3.63, 3.8) is 0 Å². The summed E-state index contributed by atoms with van der Waals surface area (Å²) in [5.74, 6) is 0. The van der Waals surface area contributed by atoms with Gasteiger partial charge >= 0.3 is 54.7 Å². The Bertz CT molecular complexity index is 37.3. The Morgan fingerprint density at radius 3 is 1.50 bits per heavy atom. The van der Waals surface area contributed by atoms with Crippen LogP contribution in [0.3, 0.4) is 0 Å². The van der Waals surface area contributed by atoms with E-state index in [2.05, 4.69) is 19.6 Å². The molecule has 0 aromatic carbocycles. The molecule has 0 spiro atoms. The first-order valence-electron chi connectivity index (χ1n) is 2.17. The molecule has 0 amide bonds. The van der Waals surface area contributed by atoms with Gasteiger partial charge in [0.15, 0.2) is 0 Å². The van der Waals surface area contributed by atoms with E-state index >= 15 is 0 Å². The van der Waals surface area contributed by atoms with Crippen LogP contribution in [0.25, 0.3) is 0 Å². The molecule has 36 valence electrons. The third kappa shape index (κ3) is 5.04. The zero-order chi connectivity index (χ0) is 5.21. The van der Waals surface area contributed by atoms with Gasteiger partial charge in [-0.1, -0.05) is 0 Å². The summed E-state index contributed by atoms with van der Waals surface area (Å²) >= 11 is 1.96. The van der Waals surface area contributed by atoms with Gasteiger partial charge in [-0.15, -0.1) is 0 Å². The molecule has 0 unspecified atom stereocenters. The monoisotopic (exact) mass is 208 g/mol. The van der Waals surface area contributed by atoms with Crippen LogP contribution in [0, 0.1) is 0 Å². The van der Waals surface area contributed by atoms with Crippen LogP contribution >= 0.6 is 0 Å². The van der Waals surface area contributed by atoms with Crippen LogP contribution in [0.4, 0.5) is 0 Å². The topological polar surface area (TPSA) is 0 Å². The fourth-order valence-corrected chi connectivity index (χ4v) is 0. The Hall–Kier alpha value is 1.04. The van der Waals surface area contributed by atoms with E-state index in [9.17, 15) is 0 Å². The third-order valence-electron chi connectivity index (χ3n) is 0.474.